The Kier molecular flexibility index (Phi) is 5.03. The van der Waals surface area contributed by atoms with Crippen LogP contribution in [-0.4, -0.2) is 21.9 Å². The Balaban J connectivity index is 1.55. The van der Waals surface area contributed by atoms with Gasteiger partial charge in [-0.3, -0.25) is 4.79 Å². The molecule has 2 aromatic heterocycles. The van der Waals surface area contributed by atoms with Crippen molar-refractivity contribution in [2.45, 2.75) is 31.2 Å². The van der Waals surface area contributed by atoms with Crippen LogP contribution in [0, 0.1) is 5.82 Å². The Labute approximate surface area is 167 Å². The maximum Gasteiger partial charge on any atom is 0.410 e. The average Bonchev–Trinajstić information content (AvgIpc) is 3.35. The van der Waals surface area contributed by atoms with Gasteiger partial charge in [0.15, 0.2) is 11.7 Å². The number of rotatable bonds is 4. The summed E-state index contributed by atoms with van der Waals surface area (Å²) in [6, 6.07) is 8.09. The number of hydrogen-bond donors (Lipinski definition) is 2. The second kappa shape index (κ2) is 7.51. The maximum absolute atomic E-state index is 13.6. The van der Waals surface area contributed by atoms with Crippen LogP contribution in [-0.2, 0) is 6.54 Å². The number of anilines is 1. The van der Waals surface area contributed by atoms with Gasteiger partial charge >= 0.3 is 6.18 Å². The number of thiophene rings is 1. The summed E-state index contributed by atoms with van der Waals surface area (Å²) < 4.78 is 54.7. The van der Waals surface area contributed by atoms with Crippen LogP contribution in [0.25, 0.3) is 0 Å². The number of amides is 1. The van der Waals surface area contributed by atoms with E-state index in [0.29, 0.717) is 5.56 Å². The van der Waals surface area contributed by atoms with Gasteiger partial charge in [-0.05, 0) is 29.1 Å². The normalized spacial score (nSPS) is 18.8. The average molecular weight is 424 g/mol. The minimum absolute atomic E-state index is 0.106. The molecule has 3 heterocycles. The van der Waals surface area contributed by atoms with Crippen molar-refractivity contribution >= 4 is 23.1 Å². The molecule has 0 bridgehead atoms. The predicted octanol–water partition coefficient (Wildman–Crippen LogP) is 4.67. The molecule has 2 N–H and O–H groups in total. The third kappa shape index (κ3) is 4.12. The molecule has 0 fully saturated rings. The summed E-state index contributed by atoms with van der Waals surface area (Å²) in [6.07, 6.45) is -4.71. The lowest BCUT2D eigenvalue weighted by Gasteiger charge is -2.32. The van der Waals surface area contributed by atoms with E-state index in [1.165, 1.54) is 41.7 Å². The topological polar surface area (TPSA) is 59.0 Å². The molecule has 2 atom stereocenters. The standard InChI is InChI=1S/C19H16F4N4OS/c20-12-5-3-11(4-6-12)10-24-18(28)14-9-17-25-13(15-2-1-7-29-15)8-16(19(21,22)23)27(17)26-14/h1-7,9,13,16,25H,8,10H2,(H,24,28). The first-order valence-electron chi connectivity index (χ1n) is 8.80. The summed E-state index contributed by atoms with van der Waals surface area (Å²) in [5.74, 6) is -0.859. The Morgan fingerprint density at radius 3 is 2.69 bits per heavy atom. The molecule has 152 valence electrons. The van der Waals surface area contributed by atoms with Crippen molar-refractivity contribution in [3.8, 4) is 0 Å². The number of aromatic nitrogens is 2. The predicted molar refractivity (Wildman–Crippen MR) is 100 cm³/mol. The van der Waals surface area contributed by atoms with E-state index in [1.807, 2.05) is 0 Å². The Morgan fingerprint density at radius 2 is 2.03 bits per heavy atom. The summed E-state index contributed by atoms with van der Waals surface area (Å²) in [6.45, 7) is 0.106. The highest BCUT2D eigenvalue weighted by atomic mass is 32.1. The molecule has 1 aromatic carbocycles. The molecular weight excluding hydrogens is 408 g/mol. The van der Waals surface area contributed by atoms with Crippen LogP contribution in [0.5, 0.6) is 0 Å². The van der Waals surface area contributed by atoms with Gasteiger partial charge in [0.2, 0.25) is 0 Å². The van der Waals surface area contributed by atoms with Gasteiger partial charge in [-0.2, -0.15) is 18.3 Å². The zero-order valence-electron chi connectivity index (χ0n) is 14.9. The first-order chi connectivity index (χ1) is 13.8. The van der Waals surface area contributed by atoms with Crippen LogP contribution >= 0.6 is 11.3 Å². The second-order valence-corrected chi connectivity index (χ2v) is 7.65. The van der Waals surface area contributed by atoms with Gasteiger partial charge in [0.1, 0.15) is 11.6 Å². The molecule has 4 rings (SSSR count). The molecule has 0 saturated carbocycles. The number of carbonyl (C=O) groups excluding carboxylic acids is 1. The molecule has 0 spiro atoms. The highest BCUT2D eigenvalue weighted by Gasteiger charge is 2.47. The molecule has 2 unspecified atom stereocenters. The van der Waals surface area contributed by atoms with Crippen molar-refractivity contribution < 1.29 is 22.4 Å². The number of halogens is 4. The molecule has 0 radical (unpaired) electrons. The number of nitrogens with one attached hydrogen (secondary N) is 2. The van der Waals surface area contributed by atoms with Crippen molar-refractivity contribution in [1.29, 1.82) is 0 Å². The third-order valence-electron chi connectivity index (χ3n) is 4.68. The molecule has 5 nitrogen and oxygen atoms in total. The van der Waals surface area contributed by atoms with Crippen molar-refractivity contribution in [3.63, 3.8) is 0 Å². The van der Waals surface area contributed by atoms with Crippen LogP contribution in [0.4, 0.5) is 23.4 Å². The lowest BCUT2D eigenvalue weighted by molar-refractivity contribution is -0.173. The minimum Gasteiger partial charge on any atom is -0.363 e. The van der Waals surface area contributed by atoms with Crippen molar-refractivity contribution in [3.05, 3.63) is 69.8 Å². The summed E-state index contributed by atoms with van der Waals surface area (Å²) in [7, 11) is 0. The number of carbonyl (C=O) groups is 1. The highest BCUT2D eigenvalue weighted by molar-refractivity contribution is 7.10. The number of nitrogens with zero attached hydrogens (tertiary/aromatic N) is 2. The maximum atomic E-state index is 13.6. The van der Waals surface area contributed by atoms with E-state index < -0.39 is 30.0 Å². The van der Waals surface area contributed by atoms with E-state index in [4.69, 9.17) is 0 Å². The summed E-state index contributed by atoms with van der Waals surface area (Å²) >= 11 is 1.37. The van der Waals surface area contributed by atoms with E-state index in [9.17, 15) is 22.4 Å². The molecule has 3 aromatic rings. The minimum atomic E-state index is -4.50. The van der Waals surface area contributed by atoms with E-state index in [2.05, 4.69) is 15.7 Å². The van der Waals surface area contributed by atoms with Gasteiger partial charge in [0, 0.05) is 23.9 Å². The zero-order chi connectivity index (χ0) is 20.6. The smallest absolute Gasteiger partial charge is 0.363 e. The highest BCUT2D eigenvalue weighted by Crippen LogP contribution is 2.44. The fourth-order valence-corrected chi connectivity index (χ4v) is 4.03. The van der Waals surface area contributed by atoms with Crippen molar-refractivity contribution in [2.75, 3.05) is 5.32 Å². The van der Waals surface area contributed by atoms with Gasteiger partial charge < -0.3 is 10.6 Å². The Morgan fingerprint density at radius 1 is 1.28 bits per heavy atom. The van der Waals surface area contributed by atoms with Crippen LogP contribution in [0.3, 0.4) is 0 Å². The van der Waals surface area contributed by atoms with Crippen LogP contribution in [0.15, 0.2) is 47.8 Å². The van der Waals surface area contributed by atoms with Crippen LogP contribution < -0.4 is 10.6 Å². The SMILES string of the molecule is O=C(NCc1ccc(F)cc1)c1cc2n(n1)C(C(F)(F)F)CC(c1cccs1)N2. The van der Waals surface area contributed by atoms with E-state index >= 15 is 0 Å². The van der Waals surface area contributed by atoms with E-state index in [-0.39, 0.29) is 24.5 Å². The number of alkyl halides is 3. The summed E-state index contributed by atoms with van der Waals surface area (Å²) in [5.41, 5.74) is 0.545. The Bertz CT molecular complexity index is 998. The monoisotopic (exact) mass is 424 g/mol. The first kappa shape index (κ1) is 19.4. The van der Waals surface area contributed by atoms with Crippen molar-refractivity contribution in [2.24, 2.45) is 0 Å². The van der Waals surface area contributed by atoms with Crippen LogP contribution in [0.2, 0.25) is 0 Å². The number of hydrogen-bond acceptors (Lipinski definition) is 4. The fourth-order valence-electron chi connectivity index (χ4n) is 3.24. The summed E-state index contributed by atoms with van der Waals surface area (Å²) in [5, 5.41) is 11.3. The van der Waals surface area contributed by atoms with E-state index in [0.717, 1.165) is 9.56 Å². The number of fused-ring (bicyclic) bond motifs is 1. The lowest BCUT2D eigenvalue weighted by atomic mass is 10.0. The molecule has 10 heteroatoms. The van der Waals surface area contributed by atoms with Gasteiger partial charge in [0.05, 0.1) is 6.04 Å². The lowest BCUT2D eigenvalue weighted by Crippen LogP contribution is -2.35. The third-order valence-corrected chi connectivity index (χ3v) is 5.66. The van der Waals surface area contributed by atoms with Gasteiger partial charge in [-0.1, -0.05) is 18.2 Å². The largest absolute Gasteiger partial charge is 0.410 e. The molecular formula is C19H16F4N4OS. The second-order valence-electron chi connectivity index (χ2n) is 6.67. The fraction of sp³-hybridized carbons (Fsp3) is 0.263. The van der Waals surface area contributed by atoms with Gasteiger partial charge in [-0.25, -0.2) is 9.07 Å². The zero-order valence-corrected chi connectivity index (χ0v) is 15.7. The molecule has 0 saturated heterocycles. The van der Waals surface area contributed by atoms with E-state index in [1.54, 1.807) is 17.5 Å². The van der Waals surface area contributed by atoms with Gasteiger partial charge in [0.25, 0.3) is 5.91 Å². The molecule has 0 aliphatic carbocycles. The quantitative estimate of drug-likeness (QED) is 0.599. The first-order valence-corrected chi connectivity index (χ1v) is 9.68. The Hall–Kier alpha value is -2.88. The molecule has 1 amide bonds. The summed E-state index contributed by atoms with van der Waals surface area (Å²) in [4.78, 5) is 13.2. The van der Waals surface area contributed by atoms with Crippen molar-refractivity contribution in [1.82, 2.24) is 15.1 Å². The number of benzene rings is 1. The molecule has 1 aliphatic heterocycles. The molecule has 29 heavy (non-hydrogen) atoms. The van der Waals surface area contributed by atoms with Gasteiger partial charge in [-0.15, -0.1) is 11.3 Å². The van der Waals surface area contributed by atoms with Crippen LogP contribution in [0.1, 0.15) is 39.4 Å². The molecule has 1 aliphatic rings.